The van der Waals surface area contributed by atoms with Crippen molar-refractivity contribution in [3.05, 3.63) is 29.8 Å². The van der Waals surface area contributed by atoms with Crippen LogP contribution in [-0.4, -0.2) is 13.2 Å². The van der Waals surface area contributed by atoms with Crippen LogP contribution in [-0.2, 0) is 0 Å². The average Bonchev–Trinajstić information content (AvgIpc) is 2.30. The minimum atomic E-state index is 0.659. The molecule has 1 heterocycles. The van der Waals surface area contributed by atoms with Gasteiger partial charge in [-0.2, -0.15) is 0 Å². The van der Waals surface area contributed by atoms with E-state index in [9.17, 15) is 0 Å². The van der Waals surface area contributed by atoms with Crippen molar-refractivity contribution in [2.24, 2.45) is 11.7 Å². The Morgan fingerprint density at radius 2 is 2.25 bits per heavy atom. The number of rotatable bonds is 4. The van der Waals surface area contributed by atoms with Crippen LogP contribution in [0.25, 0.3) is 0 Å². The molecular formula is C14H21NO. The van der Waals surface area contributed by atoms with Gasteiger partial charge in [0, 0.05) is 0 Å². The average molecular weight is 219 g/mol. The number of nitrogens with two attached hydrogens (primary N) is 1. The van der Waals surface area contributed by atoms with Gasteiger partial charge in [0.15, 0.2) is 0 Å². The quantitative estimate of drug-likeness (QED) is 0.845. The van der Waals surface area contributed by atoms with Crippen molar-refractivity contribution >= 4 is 0 Å². The lowest BCUT2D eigenvalue weighted by Crippen LogP contribution is -2.17. The van der Waals surface area contributed by atoms with E-state index in [0.29, 0.717) is 11.8 Å². The molecule has 2 unspecified atom stereocenters. The van der Waals surface area contributed by atoms with Gasteiger partial charge in [0.05, 0.1) is 6.61 Å². The van der Waals surface area contributed by atoms with Gasteiger partial charge in [-0.15, -0.1) is 0 Å². The highest BCUT2D eigenvalue weighted by Crippen LogP contribution is 2.37. The number of ether oxygens (including phenoxy) is 1. The molecule has 2 N–H and O–H groups in total. The molecule has 0 amide bonds. The van der Waals surface area contributed by atoms with Crippen LogP contribution in [0.1, 0.15) is 37.7 Å². The zero-order valence-electron chi connectivity index (χ0n) is 9.99. The fourth-order valence-corrected chi connectivity index (χ4v) is 2.55. The molecule has 1 aromatic rings. The molecule has 1 aliphatic heterocycles. The predicted molar refractivity (Wildman–Crippen MR) is 66.7 cm³/mol. The Kier molecular flexibility index (Phi) is 3.83. The Balaban J connectivity index is 2.07. The Morgan fingerprint density at radius 1 is 1.44 bits per heavy atom. The van der Waals surface area contributed by atoms with Gasteiger partial charge in [-0.05, 0) is 49.3 Å². The monoisotopic (exact) mass is 219 g/mol. The third kappa shape index (κ3) is 2.56. The smallest absolute Gasteiger partial charge is 0.122 e. The van der Waals surface area contributed by atoms with Gasteiger partial charge in [0.2, 0.25) is 0 Å². The van der Waals surface area contributed by atoms with Crippen molar-refractivity contribution in [1.29, 1.82) is 0 Å². The van der Waals surface area contributed by atoms with Crippen LogP contribution in [0.15, 0.2) is 24.3 Å². The molecule has 0 spiro atoms. The van der Waals surface area contributed by atoms with E-state index in [-0.39, 0.29) is 0 Å². The molecule has 0 aliphatic carbocycles. The van der Waals surface area contributed by atoms with Crippen molar-refractivity contribution in [2.45, 2.75) is 32.1 Å². The minimum Gasteiger partial charge on any atom is -0.493 e. The van der Waals surface area contributed by atoms with Crippen LogP contribution < -0.4 is 10.5 Å². The van der Waals surface area contributed by atoms with E-state index < -0.39 is 0 Å². The molecule has 16 heavy (non-hydrogen) atoms. The Morgan fingerprint density at radius 3 is 3.06 bits per heavy atom. The van der Waals surface area contributed by atoms with Gasteiger partial charge in [-0.25, -0.2) is 0 Å². The van der Waals surface area contributed by atoms with Gasteiger partial charge in [0.1, 0.15) is 5.75 Å². The van der Waals surface area contributed by atoms with Crippen molar-refractivity contribution in [3.63, 3.8) is 0 Å². The first kappa shape index (κ1) is 11.5. The summed E-state index contributed by atoms with van der Waals surface area (Å²) in [6.45, 7) is 3.95. The van der Waals surface area contributed by atoms with Crippen molar-refractivity contribution in [2.75, 3.05) is 13.2 Å². The van der Waals surface area contributed by atoms with Crippen LogP contribution >= 0.6 is 0 Å². The van der Waals surface area contributed by atoms with Crippen LogP contribution in [0.4, 0.5) is 0 Å². The summed E-state index contributed by atoms with van der Waals surface area (Å²) in [5, 5.41) is 0. The second-order valence-corrected chi connectivity index (χ2v) is 4.79. The van der Waals surface area contributed by atoms with E-state index in [0.717, 1.165) is 31.7 Å². The largest absolute Gasteiger partial charge is 0.493 e. The maximum atomic E-state index is 5.67. The molecule has 2 heteroatoms. The summed E-state index contributed by atoms with van der Waals surface area (Å²) in [6.07, 6.45) is 3.50. The number of hydrogen-bond acceptors (Lipinski definition) is 2. The summed E-state index contributed by atoms with van der Waals surface area (Å²) in [5.74, 6) is 2.45. The van der Waals surface area contributed by atoms with E-state index in [1.807, 2.05) is 6.07 Å². The highest BCUT2D eigenvalue weighted by atomic mass is 16.5. The summed E-state index contributed by atoms with van der Waals surface area (Å²) < 4.78 is 5.67. The molecule has 0 aromatic heterocycles. The molecular weight excluding hydrogens is 198 g/mol. The lowest BCUT2D eigenvalue weighted by molar-refractivity contribution is 0.252. The standard InChI is InChI=1S/C14H21NO/c1-11(6-8-15)10-12-7-9-16-14-5-3-2-4-13(12)14/h2-5,11-12H,6-10,15H2,1H3. The Hall–Kier alpha value is -1.02. The van der Waals surface area contributed by atoms with Crippen molar-refractivity contribution in [3.8, 4) is 5.75 Å². The summed E-state index contributed by atoms with van der Waals surface area (Å²) >= 11 is 0. The minimum absolute atomic E-state index is 0.659. The van der Waals surface area contributed by atoms with Crippen molar-refractivity contribution < 1.29 is 4.74 Å². The predicted octanol–water partition coefficient (Wildman–Crippen LogP) is 2.93. The molecule has 0 saturated carbocycles. The van der Waals surface area contributed by atoms with Crippen LogP contribution in [0.2, 0.25) is 0 Å². The molecule has 2 nitrogen and oxygen atoms in total. The highest BCUT2D eigenvalue weighted by Gasteiger charge is 2.22. The first-order chi connectivity index (χ1) is 7.81. The summed E-state index contributed by atoms with van der Waals surface area (Å²) in [5.41, 5.74) is 6.99. The second-order valence-electron chi connectivity index (χ2n) is 4.79. The fraction of sp³-hybridized carbons (Fsp3) is 0.571. The summed E-state index contributed by atoms with van der Waals surface area (Å²) in [4.78, 5) is 0. The van der Waals surface area contributed by atoms with E-state index in [2.05, 4.69) is 25.1 Å². The molecule has 2 atom stereocenters. The molecule has 0 fully saturated rings. The lowest BCUT2D eigenvalue weighted by Gasteiger charge is -2.27. The van der Waals surface area contributed by atoms with Gasteiger partial charge in [-0.3, -0.25) is 0 Å². The molecule has 2 rings (SSSR count). The topological polar surface area (TPSA) is 35.2 Å². The molecule has 1 aromatic carbocycles. The number of hydrogen-bond donors (Lipinski definition) is 1. The fourth-order valence-electron chi connectivity index (χ4n) is 2.55. The summed E-state index contributed by atoms with van der Waals surface area (Å²) in [6, 6.07) is 8.43. The van der Waals surface area contributed by atoms with E-state index in [4.69, 9.17) is 10.5 Å². The maximum absolute atomic E-state index is 5.67. The zero-order chi connectivity index (χ0) is 11.4. The number of fused-ring (bicyclic) bond motifs is 1. The van der Waals surface area contributed by atoms with Crippen LogP contribution in [0.5, 0.6) is 5.75 Å². The highest BCUT2D eigenvalue weighted by molar-refractivity contribution is 5.37. The zero-order valence-corrected chi connectivity index (χ0v) is 9.99. The molecule has 88 valence electrons. The van der Waals surface area contributed by atoms with Crippen molar-refractivity contribution in [1.82, 2.24) is 0 Å². The first-order valence-corrected chi connectivity index (χ1v) is 6.23. The number of benzene rings is 1. The van der Waals surface area contributed by atoms with Gasteiger partial charge in [0.25, 0.3) is 0 Å². The third-order valence-corrected chi connectivity index (χ3v) is 3.43. The molecule has 0 saturated heterocycles. The first-order valence-electron chi connectivity index (χ1n) is 6.23. The second kappa shape index (κ2) is 5.35. The van der Waals surface area contributed by atoms with E-state index in [1.54, 1.807) is 0 Å². The lowest BCUT2D eigenvalue weighted by atomic mass is 9.84. The van der Waals surface area contributed by atoms with Gasteiger partial charge in [-0.1, -0.05) is 25.1 Å². The summed E-state index contributed by atoms with van der Waals surface area (Å²) in [7, 11) is 0. The maximum Gasteiger partial charge on any atom is 0.122 e. The normalized spacial score (nSPS) is 21.0. The van der Waals surface area contributed by atoms with Gasteiger partial charge < -0.3 is 10.5 Å². The van der Waals surface area contributed by atoms with Crippen LogP contribution in [0, 0.1) is 5.92 Å². The SMILES string of the molecule is CC(CCN)CC1CCOc2ccccc21. The third-order valence-electron chi connectivity index (χ3n) is 3.43. The molecule has 0 radical (unpaired) electrons. The molecule has 0 bridgehead atoms. The molecule has 1 aliphatic rings. The number of para-hydroxylation sites is 1. The Bertz CT molecular complexity index is 337. The van der Waals surface area contributed by atoms with Gasteiger partial charge >= 0.3 is 0 Å². The van der Waals surface area contributed by atoms with E-state index in [1.165, 1.54) is 12.0 Å². The Labute approximate surface area is 97.8 Å². The van der Waals surface area contributed by atoms with E-state index >= 15 is 0 Å². The van der Waals surface area contributed by atoms with Crippen LogP contribution in [0.3, 0.4) is 0 Å².